The Labute approximate surface area is 448 Å². The molecule has 0 radical (unpaired) electrons. The van der Waals surface area contributed by atoms with Crippen LogP contribution in [0.25, 0.3) is 0 Å². The number of non-ortho nitro benzene ring substituents is 1. The zero-order chi connectivity index (χ0) is 57.8. The molecule has 0 saturated heterocycles. The number of carbonyl (C=O) groups is 8. The highest BCUT2D eigenvalue weighted by Crippen LogP contribution is 2.17. The molecule has 2 rings (SSSR count). The maximum absolute atomic E-state index is 14.6. The first-order chi connectivity index (χ1) is 36.3. The number of rotatable bonds is 34. The number of aromatic hydroxyl groups is 1. The fourth-order valence-electron chi connectivity index (χ4n) is 7.84. The van der Waals surface area contributed by atoms with Crippen molar-refractivity contribution in [3.8, 4) is 5.75 Å². The number of amides is 8. The van der Waals surface area contributed by atoms with E-state index in [0.29, 0.717) is 18.5 Å². The van der Waals surface area contributed by atoms with Crippen LogP contribution in [0.1, 0.15) is 84.3 Å². The van der Waals surface area contributed by atoms with E-state index in [1.165, 1.54) is 43.4 Å². The number of nitro benzene ring substituents is 1. The molecule has 0 aliphatic rings. The molecule has 2 aromatic rings. The molecule has 77 heavy (non-hydrogen) atoms. The van der Waals surface area contributed by atoms with Crippen molar-refractivity contribution in [2.45, 2.75) is 122 Å². The van der Waals surface area contributed by atoms with Crippen LogP contribution in [0.4, 0.5) is 5.69 Å². The molecule has 0 aliphatic heterocycles. The summed E-state index contributed by atoms with van der Waals surface area (Å²) in [6.45, 7) is 8.41. The van der Waals surface area contributed by atoms with Gasteiger partial charge in [0, 0.05) is 45.2 Å². The quantitative estimate of drug-likeness (QED) is 0.0119. The molecule has 8 amide bonds. The fourth-order valence-corrected chi connectivity index (χ4v) is 7.84. The second-order valence-corrected chi connectivity index (χ2v) is 19.2. The minimum atomic E-state index is -1.43. The second-order valence-electron chi connectivity index (χ2n) is 19.2. The third-order valence-corrected chi connectivity index (χ3v) is 11.8. The zero-order valence-electron chi connectivity index (χ0n) is 45.1. The van der Waals surface area contributed by atoms with Gasteiger partial charge in [0.05, 0.1) is 24.1 Å². The fraction of sp³-hybridized carbons (Fsp3) is 0.560. The number of aliphatic imine (C=N–C) groups is 2. The highest BCUT2D eigenvalue weighted by atomic mass is 16.6. The van der Waals surface area contributed by atoms with E-state index in [9.17, 15) is 53.6 Å². The average molecular weight is 1080 g/mol. The number of hydrogen-bond acceptors (Lipinski definition) is 14. The Morgan fingerprint density at radius 3 is 1.60 bits per heavy atom. The van der Waals surface area contributed by atoms with E-state index in [1.54, 1.807) is 40.0 Å². The first-order valence-electron chi connectivity index (χ1n) is 25.4. The Bertz CT molecular complexity index is 2340. The highest BCUT2D eigenvalue weighted by molar-refractivity contribution is 5.97. The summed E-state index contributed by atoms with van der Waals surface area (Å²) in [5.41, 5.74) is 23.1. The summed E-state index contributed by atoms with van der Waals surface area (Å²) in [4.78, 5) is 130. The highest BCUT2D eigenvalue weighted by Gasteiger charge is 2.36. The maximum atomic E-state index is 14.6. The number of phenolic OH excluding ortho intramolecular Hbond substituents is 1. The predicted molar refractivity (Wildman–Crippen MR) is 289 cm³/mol. The molecule has 0 fully saturated rings. The van der Waals surface area contributed by atoms with Gasteiger partial charge < -0.3 is 75.5 Å². The summed E-state index contributed by atoms with van der Waals surface area (Å²) < 4.78 is 0. The van der Waals surface area contributed by atoms with Crippen molar-refractivity contribution in [3.63, 3.8) is 0 Å². The molecule has 27 heteroatoms. The maximum Gasteiger partial charge on any atom is 0.269 e. The van der Waals surface area contributed by atoms with Crippen LogP contribution in [0, 0.1) is 22.0 Å². The van der Waals surface area contributed by atoms with Gasteiger partial charge in [-0.2, -0.15) is 0 Å². The van der Waals surface area contributed by atoms with Crippen molar-refractivity contribution < 1.29 is 48.4 Å². The van der Waals surface area contributed by atoms with Gasteiger partial charge in [-0.15, -0.1) is 0 Å². The Morgan fingerprint density at radius 2 is 1.08 bits per heavy atom. The first kappa shape index (κ1) is 65.0. The van der Waals surface area contributed by atoms with Crippen LogP contribution in [0.5, 0.6) is 5.75 Å². The standard InChI is InChI=1S/C50H80N16O11/c1-8-56-44(71)37(23-29(2)3)64-47(74)40(12-10-22-58-50(53)54)65(7)48(75)35(11-9-21-57-49(51)52)62-45(72)38(24-30(4)5)63-46(73)39(26-31-13-17-33(18-14-31)66(76)77)61-42(69)28-59-41(68)27-60-43(70)36(55-6)25-32-15-19-34(67)20-16-32/h13-20,29-30,35-40,55,67H,8-12,21-28H2,1-7H3,(H,56,71)(H,59,68)(H,60,70)(H,61,69)(H,62,72)(H,63,73)(H,64,74)(H4,51,52,57)(H4,53,54,58)/t35-,36-,37+,38-,39-,40-/m0/s1. The number of hydrogen-bond donors (Lipinski definition) is 13. The van der Waals surface area contributed by atoms with Crippen LogP contribution in [0.2, 0.25) is 0 Å². The van der Waals surface area contributed by atoms with Crippen LogP contribution in [0.3, 0.4) is 0 Å². The van der Waals surface area contributed by atoms with Crippen molar-refractivity contribution >= 4 is 64.9 Å². The molecule has 0 aliphatic carbocycles. The van der Waals surface area contributed by atoms with Gasteiger partial charge in [0.2, 0.25) is 47.3 Å². The van der Waals surface area contributed by atoms with Crippen LogP contribution in [-0.2, 0) is 51.2 Å². The van der Waals surface area contributed by atoms with E-state index in [4.69, 9.17) is 22.9 Å². The number of guanidine groups is 2. The van der Waals surface area contributed by atoms with Gasteiger partial charge in [0.25, 0.3) is 5.69 Å². The first-order valence-corrected chi connectivity index (χ1v) is 25.4. The van der Waals surface area contributed by atoms with Crippen molar-refractivity contribution in [3.05, 3.63) is 69.8 Å². The molecule has 0 spiro atoms. The Morgan fingerprint density at radius 1 is 0.610 bits per heavy atom. The summed E-state index contributed by atoms with van der Waals surface area (Å²) >= 11 is 0. The van der Waals surface area contributed by atoms with Crippen LogP contribution in [0.15, 0.2) is 58.5 Å². The van der Waals surface area contributed by atoms with E-state index < -0.39 is 102 Å². The number of nitro groups is 1. The SMILES string of the molecule is CCNC(=O)[C@@H](CC(C)C)NC(=O)[C@H](CCCN=C(N)N)N(C)C(=O)[C@H](CCCN=C(N)N)NC(=O)[C@H](CC(C)C)NC(=O)[C@H](Cc1ccc([N+](=O)[O-])cc1)NC(=O)CNC(=O)CNC(=O)[C@H](Cc1ccc(O)cc1)NC. The number of nitrogens with two attached hydrogens (primary N) is 4. The lowest BCUT2D eigenvalue weighted by Crippen LogP contribution is -2.60. The zero-order valence-corrected chi connectivity index (χ0v) is 45.1. The monoisotopic (exact) mass is 1080 g/mol. The number of nitrogens with zero attached hydrogens (tertiary/aromatic N) is 4. The van der Waals surface area contributed by atoms with Crippen LogP contribution < -0.4 is 65.5 Å². The van der Waals surface area contributed by atoms with E-state index in [1.807, 2.05) is 13.8 Å². The Kier molecular flexibility index (Phi) is 28.5. The molecule has 426 valence electrons. The second kappa shape index (κ2) is 33.7. The lowest BCUT2D eigenvalue weighted by atomic mass is 9.99. The molecule has 0 saturated carbocycles. The molecule has 2 aromatic carbocycles. The number of likely N-dealkylation sites (N-methyl/N-ethyl adjacent to an activating group) is 3. The van der Waals surface area contributed by atoms with E-state index in [-0.39, 0.29) is 93.2 Å². The molecule has 27 nitrogen and oxygen atoms in total. The number of benzene rings is 2. The van der Waals surface area contributed by atoms with Gasteiger partial charge in [-0.1, -0.05) is 52.0 Å². The van der Waals surface area contributed by atoms with E-state index in [0.717, 1.165) is 10.5 Å². The van der Waals surface area contributed by atoms with E-state index in [2.05, 4.69) is 52.5 Å². The van der Waals surface area contributed by atoms with Crippen molar-refractivity contribution in [2.75, 3.05) is 46.8 Å². The summed E-state index contributed by atoms with van der Waals surface area (Å²) in [5.74, 6) is -6.09. The van der Waals surface area contributed by atoms with Gasteiger partial charge >= 0.3 is 0 Å². The lowest BCUT2D eigenvalue weighted by molar-refractivity contribution is -0.384. The topological polar surface area (TPSA) is 428 Å². The number of carbonyl (C=O) groups excluding carboxylic acids is 8. The van der Waals surface area contributed by atoms with Crippen molar-refractivity contribution in [2.24, 2.45) is 44.8 Å². The van der Waals surface area contributed by atoms with Gasteiger partial charge in [-0.05, 0) is 94.0 Å². The minimum Gasteiger partial charge on any atom is -0.508 e. The molecular formula is C50H80N16O11. The normalized spacial score (nSPS) is 13.3. The summed E-state index contributed by atoms with van der Waals surface area (Å²) in [6, 6.07) is 4.51. The van der Waals surface area contributed by atoms with Crippen LogP contribution in [-0.4, -0.2) is 157 Å². The minimum absolute atomic E-state index is 0.00264. The predicted octanol–water partition coefficient (Wildman–Crippen LogP) is -1.99. The van der Waals surface area contributed by atoms with E-state index >= 15 is 0 Å². The molecule has 0 aromatic heterocycles. The lowest BCUT2D eigenvalue weighted by Gasteiger charge is -2.33. The molecule has 0 bridgehead atoms. The molecule has 0 unspecified atom stereocenters. The third-order valence-electron chi connectivity index (χ3n) is 11.8. The summed E-state index contributed by atoms with van der Waals surface area (Å²) in [5, 5.41) is 42.3. The molecule has 0 heterocycles. The molecular weight excluding hydrogens is 1000 g/mol. The van der Waals surface area contributed by atoms with Gasteiger partial charge in [-0.25, -0.2) is 0 Å². The Balaban J connectivity index is 2.43. The van der Waals surface area contributed by atoms with Gasteiger partial charge in [-0.3, -0.25) is 58.5 Å². The number of phenols is 1. The average Bonchev–Trinajstić information content (AvgIpc) is 3.36. The van der Waals surface area contributed by atoms with Crippen molar-refractivity contribution in [1.29, 1.82) is 0 Å². The number of nitrogens with one attached hydrogen (secondary N) is 8. The molecule has 6 atom stereocenters. The third kappa shape index (κ3) is 24.9. The molecule has 17 N–H and O–H groups in total. The smallest absolute Gasteiger partial charge is 0.269 e. The van der Waals surface area contributed by atoms with Crippen molar-refractivity contribution in [1.82, 2.24) is 47.4 Å². The van der Waals surface area contributed by atoms with Gasteiger partial charge in [0.15, 0.2) is 11.9 Å². The van der Waals surface area contributed by atoms with Gasteiger partial charge in [0.1, 0.15) is 36.0 Å². The largest absolute Gasteiger partial charge is 0.508 e. The Hall–Kier alpha value is -8.10. The summed E-state index contributed by atoms with van der Waals surface area (Å²) in [6.07, 6.45) is 0.725. The van der Waals surface area contributed by atoms with Crippen LogP contribution >= 0.6 is 0 Å². The summed E-state index contributed by atoms with van der Waals surface area (Å²) in [7, 11) is 2.94.